The van der Waals surface area contributed by atoms with Crippen LogP contribution in [-0.4, -0.2) is 20.8 Å². The fraction of sp³-hybridized carbons (Fsp3) is 0.278. The number of aromatic nitrogens is 3. The SMILES string of the molecule is CSc1ncc2cc(-c3ccccc3C)c(=O)n(C3CC3)c2n1. The summed E-state index contributed by atoms with van der Waals surface area (Å²) in [5.74, 6) is 0. The van der Waals surface area contributed by atoms with Crippen LogP contribution in [0.3, 0.4) is 0 Å². The summed E-state index contributed by atoms with van der Waals surface area (Å²) in [6, 6.07) is 10.2. The third-order valence-corrected chi connectivity index (χ3v) is 4.84. The molecule has 0 spiro atoms. The molecule has 4 nitrogen and oxygen atoms in total. The van der Waals surface area contributed by atoms with Crippen molar-refractivity contribution in [3.8, 4) is 11.1 Å². The highest BCUT2D eigenvalue weighted by molar-refractivity contribution is 7.98. The number of hydrogen-bond donors (Lipinski definition) is 0. The smallest absolute Gasteiger partial charge is 0.260 e. The van der Waals surface area contributed by atoms with Gasteiger partial charge in [-0.2, -0.15) is 0 Å². The van der Waals surface area contributed by atoms with Crippen molar-refractivity contribution in [2.75, 3.05) is 6.26 Å². The lowest BCUT2D eigenvalue weighted by atomic mass is 10.0. The van der Waals surface area contributed by atoms with E-state index in [1.54, 1.807) is 0 Å². The Kier molecular flexibility index (Phi) is 3.45. The van der Waals surface area contributed by atoms with Crippen molar-refractivity contribution in [1.29, 1.82) is 0 Å². The van der Waals surface area contributed by atoms with Crippen LogP contribution in [0, 0.1) is 6.92 Å². The van der Waals surface area contributed by atoms with Gasteiger partial charge in [0.05, 0.1) is 0 Å². The van der Waals surface area contributed by atoms with Crippen LogP contribution in [0.25, 0.3) is 22.2 Å². The van der Waals surface area contributed by atoms with E-state index in [1.807, 2.05) is 54.3 Å². The number of fused-ring (bicyclic) bond motifs is 1. The van der Waals surface area contributed by atoms with Gasteiger partial charge in [-0.05, 0) is 43.2 Å². The summed E-state index contributed by atoms with van der Waals surface area (Å²) in [6.07, 6.45) is 5.87. The van der Waals surface area contributed by atoms with E-state index in [9.17, 15) is 4.79 Å². The molecule has 0 amide bonds. The molecule has 2 heterocycles. The molecule has 2 aromatic heterocycles. The van der Waals surface area contributed by atoms with Gasteiger partial charge in [-0.1, -0.05) is 36.0 Å². The Hall–Kier alpha value is -2.14. The highest BCUT2D eigenvalue weighted by atomic mass is 32.2. The van der Waals surface area contributed by atoms with Gasteiger partial charge in [0, 0.05) is 23.2 Å². The minimum Gasteiger partial charge on any atom is -0.289 e. The number of hydrogen-bond acceptors (Lipinski definition) is 4. The predicted octanol–water partition coefficient (Wildman–Crippen LogP) is 3.82. The number of benzene rings is 1. The van der Waals surface area contributed by atoms with E-state index in [1.165, 1.54) is 11.8 Å². The third kappa shape index (κ3) is 2.45. The molecule has 116 valence electrons. The van der Waals surface area contributed by atoms with Crippen LogP contribution < -0.4 is 5.56 Å². The molecule has 5 heteroatoms. The first kappa shape index (κ1) is 14.5. The number of pyridine rings is 1. The fourth-order valence-electron chi connectivity index (χ4n) is 2.94. The molecule has 23 heavy (non-hydrogen) atoms. The zero-order valence-electron chi connectivity index (χ0n) is 13.1. The van der Waals surface area contributed by atoms with Crippen molar-refractivity contribution in [2.24, 2.45) is 0 Å². The van der Waals surface area contributed by atoms with Gasteiger partial charge in [-0.3, -0.25) is 9.36 Å². The predicted molar refractivity (Wildman–Crippen MR) is 94.0 cm³/mol. The van der Waals surface area contributed by atoms with E-state index in [2.05, 4.69) is 9.97 Å². The van der Waals surface area contributed by atoms with Gasteiger partial charge >= 0.3 is 0 Å². The minimum atomic E-state index is 0.0556. The summed E-state index contributed by atoms with van der Waals surface area (Å²) in [5, 5.41) is 1.63. The van der Waals surface area contributed by atoms with E-state index < -0.39 is 0 Å². The lowest BCUT2D eigenvalue weighted by Gasteiger charge is -2.13. The van der Waals surface area contributed by atoms with Crippen molar-refractivity contribution in [1.82, 2.24) is 14.5 Å². The van der Waals surface area contributed by atoms with Crippen LogP contribution in [-0.2, 0) is 0 Å². The molecule has 1 aliphatic rings. The number of aryl methyl sites for hydroxylation is 1. The lowest BCUT2D eigenvalue weighted by Crippen LogP contribution is -2.22. The molecular weight excluding hydrogens is 306 g/mol. The van der Waals surface area contributed by atoms with E-state index in [-0.39, 0.29) is 11.6 Å². The number of nitrogens with zero attached hydrogens (tertiary/aromatic N) is 3. The largest absolute Gasteiger partial charge is 0.289 e. The summed E-state index contributed by atoms with van der Waals surface area (Å²) in [4.78, 5) is 22.1. The standard InChI is InChI=1S/C18H17N3OS/c1-11-5-3-4-6-14(11)15-9-12-10-19-18(23-2)20-16(12)21(17(15)22)13-7-8-13/h3-6,9-10,13H,7-8H2,1-2H3. The maximum absolute atomic E-state index is 13.1. The molecule has 0 radical (unpaired) electrons. The quantitative estimate of drug-likeness (QED) is 0.543. The molecule has 1 aliphatic carbocycles. The highest BCUT2D eigenvalue weighted by Crippen LogP contribution is 2.36. The molecule has 0 N–H and O–H groups in total. The zero-order chi connectivity index (χ0) is 16.0. The number of rotatable bonds is 3. The Morgan fingerprint density at radius 3 is 2.70 bits per heavy atom. The topological polar surface area (TPSA) is 47.8 Å². The molecule has 1 fully saturated rings. The maximum Gasteiger partial charge on any atom is 0.260 e. The number of thioether (sulfide) groups is 1. The van der Waals surface area contributed by atoms with Gasteiger partial charge in [0.25, 0.3) is 5.56 Å². The molecule has 0 aliphatic heterocycles. The fourth-order valence-corrected chi connectivity index (χ4v) is 3.28. The Balaban J connectivity index is 2.06. The Labute approximate surface area is 138 Å². The van der Waals surface area contributed by atoms with Crippen LogP contribution >= 0.6 is 11.8 Å². The van der Waals surface area contributed by atoms with Crippen molar-refractivity contribution < 1.29 is 0 Å². The average Bonchev–Trinajstić information content (AvgIpc) is 3.39. The summed E-state index contributed by atoms with van der Waals surface area (Å²) in [6.45, 7) is 2.04. The second-order valence-corrected chi connectivity index (χ2v) is 6.69. The first-order chi connectivity index (χ1) is 11.2. The Bertz CT molecular complexity index is 960. The zero-order valence-corrected chi connectivity index (χ0v) is 13.9. The van der Waals surface area contributed by atoms with Crippen LogP contribution in [0.4, 0.5) is 0 Å². The van der Waals surface area contributed by atoms with E-state index in [4.69, 9.17) is 0 Å². The summed E-state index contributed by atoms with van der Waals surface area (Å²) in [7, 11) is 0. The van der Waals surface area contributed by atoms with E-state index in [0.29, 0.717) is 5.16 Å². The molecule has 4 rings (SSSR count). The van der Waals surface area contributed by atoms with Gasteiger partial charge in [0.2, 0.25) is 0 Å². The minimum absolute atomic E-state index is 0.0556. The van der Waals surface area contributed by atoms with Crippen LogP contribution in [0.1, 0.15) is 24.4 Å². The van der Waals surface area contributed by atoms with Crippen LogP contribution in [0.2, 0.25) is 0 Å². The van der Waals surface area contributed by atoms with Crippen LogP contribution in [0.15, 0.2) is 46.5 Å². The highest BCUT2D eigenvalue weighted by Gasteiger charge is 2.28. The van der Waals surface area contributed by atoms with E-state index >= 15 is 0 Å². The van der Waals surface area contributed by atoms with Gasteiger partial charge in [0.15, 0.2) is 5.16 Å². The van der Waals surface area contributed by atoms with Gasteiger partial charge in [0.1, 0.15) is 5.65 Å². The normalized spacial score (nSPS) is 14.3. The molecule has 0 unspecified atom stereocenters. The summed E-state index contributed by atoms with van der Waals surface area (Å²) < 4.78 is 1.87. The monoisotopic (exact) mass is 323 g/mol. The Morgan fingerprint density at radius 2 is 2.00 bits per heavy atom. The van der Waals surface area contributed by atoms with Crippen molar-refractivity contribution in [2.45, 2.75) is 31.0 Å². The Morgan fingerprint density at radius 1 is 1.22 bits per heavy atom. The second kappa shape index (κ2) is 5.49. The average molecular weight is 323 g/mol. The third-order valence-electron chi connectivity index (χ3n) is 4.28. The van der Waals surface area contributed by atoms with Crippen LogP contribution in [0.5, 0.6) is 0 Å². The second-order valence-electron chi connectivity index (χ2n) is 5.91. The molecule has 1 aromatic carbocycles. The van der Waals surface area contributed by atoms with Crippen molar-refractivity contribution >= 4 is 22.8 Å². The van der Waals surface area contributed by atoms with Crippen molar-refractivity contribution in [3.63, 3.8) is 0 Å². The molecule has 1 saturated carbocycles. The molecule has 0 atom stereocenters. The van der Waals surface area contributed by atoms with Gasteiger partial charge in [-0.25, -0.2) is 9.97 Å². The molecule has 0 saturated heterocycles. The first-order valence-corrected chi connectivity index (χ1v) is 8.94. The molecule has 3 aromatic rings. The van der Waals surface area contributed by atoms with Gasteiger partial charge in [-0.15, -0.1) is 0 Å². The maximum atomic E-state index is 13.1. The first-order valence-electron chi connectivity index (χ1n) is 7.71. The van der Waals surface area contributed by atoms with E-state index in [0.717, 1.165) is 40.6 Å². The lowest BCUT2D eigenvalue weighted by molar-refractivity contribution is 0.724. The molecular formula is C18H17N3OS. The molecule has 0 bridgehead atoms. The van der Waals surface area contributed by atoms with Crippen molar-refractivity contribution in [3.05, 3.63) is 52.4 Å². The summed E-state index contributed by atoms with van der Waals surface area (Å²) in [5.41, 5.74) is 3.65. The summed E-state index contributed by atoms with van der Waals surface area (Å²) >= 11 is 1.50. The van der Waals surface area contributed by atoms with Gasteiger partial charge < -0.3 is 0 Å².